The molecule has 0 bridgehead atoms. The standard InChI is InChI=1S/C16H25NO3/c1-3-8-20-15-6-4-13(5-7-15)16(18)9-14-11-19-10-12(2)17-14/h4-7,12,14,16-18H,3,8-11H2,1-2H3. The molecule has 1 aromatic rings. The molecule has 0 aliphatic carbocycles. The molecule has 2 rings (SSSR count). The van der Waals surface area contributed by atoms with Crippen molar-refractivity contribution in [1.82, 2.24) is 5.32 Å². The van der Waals surface area contributed by atoms with Crippen molar-refractivity contribution in [1.29, 1.82) is 0 Å². The SMILES string of the molecule is CCCOc1ccc(C(O)CC2COCC(C)N2)cc1. The van der Waals surface area contributed by atoms with Gasteiger partial charge in [-0.15, -0.1) is 0 Å². The fourth-order valence-corrected chi connectivity index (χ4v) is 2.43. The van der Waals surface area contributed by atoms with Crippen LogP contribution in [0.25, 0.3) is 0 Å². The second kappa shape index (κ2) is 7.62. The highest BCUT2D eigenvalue weighted by Gasteiger charge is 2.21. The fourth-order valence-electron chi connectivity index (χ4n) is 2.43. The Morgan fingerprint density at radius 2 is 2.10 bits per heavy atom. The van der Waals surface area contributed by atoms with Gasteiger partial charge in [0.05, 0.1) is 25.9 Å². The quantitative estimate of drug-likeness (QED) is 0.839. The van der Waals surface area contributed by atoms with Gasteiger partial charge < -0.3 is 19.9 Å². The van der Waals surface area contributed by atoms with E-state index in [9.17, 15) is 5.11 Å². The number of benzene rings is 1. The minimum absolute atomic E-state index is 0.213. The van der Waals surface area contributed by atoms with Crippen molar-refractivity contribution in [2.75, 3.05) is 19.8 Å². The van der Waals surface area contributed by atoms with E-state index in [2.05, 4.69) is 19.2 Å². The van der Waals surface area contributed by atoms with Crippen LogP contribution in [0.4, 0.5) is 0 Å². The number of hydrogen-bond donors (Lipinski definition) is 2. The van der Waals surface area contributed by atoms with Gasteiger partial charge in [-0.1, -0.05) is 19.1 Å². The minimum atomic E-state index is -0.471. The van der Waals surface area contributed by atoms with Crippen LogP contribution in [0.1, 0.15) is 38.4 Å². The Bertz CT molecular complexity index is 393. The molecule has 1 aliphatic heterocycles. The monoisotopic (exact) mass is 279 g/mol. The first kappa shape index (κ1) is 15.3. The first-order valence-electron chi connectivity index (χ1n) is 7.43. The molecule has 1 aromatic carbocycles. The van der Waals surface area contributed by atoms with Gasteiger partial charge in [0.1, 0.15) is 5.75 Å². The van der Waals surface area contributed by atoms with Gasteiger partial charge in [0, 0.05) is 12.1 Å². The lowest BCUT2D eigenvalue weighted by molar-refractivity contribution is 0.0304. The van der Waals surface area contributed by atoms with Gasteiger partial charge in [-0.3, -0.25) is 0 Å². The van der Waals surface area contributed by atoms with Crippen molar-refractivity contribution in [3.63, 3.8) is 0 Å². The zero-order chi connectivity index (χ0) is 14.4. The zero-order valence-electron chi connectivity index (χ0n) is 12.3. The summed E-state index contributed by atoms with van der Waals surface area (Å²) in [5.41, 5.74) is 0.925. The first-order valence-corrected chi connectivity index (χ1v) is 7.43. The smallest absolute Gasteiger partial charge is 0.119 e. The highest BCUT2D eigenvalue weighted by Crippen LogP contribution is 2.22. The number of ether oxygens (including phenoxy) is 2. The second-order valence-electron chi connectivity index (χ2n) is 5.47. The molecule has 0 spiro atoms. The van der Waals surface area contributed by atoms with Gasteiger partial charge in [-0.25, -0.2) is 0 Å². The van der Waals surface area contributed by atoms with Gasteiger partial charge in [0.15, 0.2) is 0 Å². The number of morpholine rings is 1. The molecule has 4 heteroatoms. The van der Waals surface area contributed by atoms with E-state index < -0.39 is 6.10 Å². The van der Waals surface area contributed by atoms with E-state index in [4.69, 9.17) is 9.47 Å². The summed E-state index contributed by atoms with van der Waals surface area (Å²) in [6.07, 6.45) is 1.19. The Labute approximate surface area is 121 Å². The molecule has 2 N–H and O–H groups in total. The predicted octanol–water partition coefficient (Wildman–Crippen LogP) is 2.28. The summed E-state index contributed by atoms with van der Waals surface area (Å²) in [4.78, 5) is 0. The molecule has 3 atom stereocenters. The fraction of sp³-hybridized carbons (Fsp3) is 0.625. The van der Waals surface area contributed by atoms with E-state index in [1.165, 1.54) is 0 Å². The van der Waals surface area contributed by atoms with E-state index >= 15 is 0 Å². The number of hydrogen-bond acceptors (Lipinski definition) is 4. The third-order valence-corrected chi connectivity index (χ3v) is 3.45. The molecule has 20 heavy (non-hydrogen) atoms. The zero-order valence-corrected chi connectivity index (χ0v) is 12.3. The summed E-state index contributed by atoms with van der Waals surface area (Å²) < 4.78 is 11.0. The molecule has 1 saturated heterocycles. The Morgan fingerprint density at radius 1 is 1.35 bits per heavy atom. The van der Waals surface area contributed by atoms with E-state index in [1.807, 2.05) is 24.3 Å². The Kier molecular flexibility index (Phi) is 5.83. The summed E-state index contributed by atoms with van der Waals surface area (Å²) in [6.45, 7) is 6.31. The Morgan fingerprint density at radius 3 is 2.75 bits per heavy atom. The molecule has 3 unspecified atom stereocenters. The minimum Gasteiger partial charge on any atom is -0.494 e. The maximum Gasteiger partial charge on any atom is 0.119 e. The molecule has 0 radical (unpaired) electrons. The molecular formula is C16H25NO3. The highest BCUT2D eigenvalue weighted by molar-refractivity contribution is 5.28. The molecule has 1 fully saturated rings. The number of aliphatic hydroxyl groups is 1. The molecule has 1 aliphatic rings. The van der Waals surface area contributed by atoms with Crippen LogP contribution in [0.5, 0.6) is 5.75 Å². The van der Waals surface area contributed by atoms with Crippen LogP contribution in [0.2, 0.25) is 0 Å². The summed E-state index contributed by atoms with van der Waals surface area (Å²) in [5, 5.41) is 13.7. The number of nitrogens with one attached hydrogen (secondary N) is 1. The number of rotatable bonds is 6. The predicted molar refractivity (Wildman–Crippen MR) is 79.0 cm³/mol. The third kappa shape index (κ3) is 4.47. The summed E-state index contributed by atoms with van der Waals surface area (Å²) in [7, 11) is 0. The number of aliphatic hydroxyl groups excluding tert-OH is 1. The van der Waals surface area contributed by atoms with Crippen LogP contribution in [-0.2, 0) is 4.74 Å². The van der Waals surface area contributed by atoms with Crippen molar-refractivity contribution in [3.8, 4) is 5.75 Å². The Hall–Kier alpha value is -1.10. The van der Waals surface area contributed by atoms with Crippen molar-refractivity contribution < 1.29 is 14.6 Å². The van der Waals surface area contributed by atoms with Crippen LogP contribution in [0, 0.1) is 0 Å². The van der Waals surface area contributed by atoms with Crippen LogP contribution in [0.3, 0.4) is 0 Å². The molecular weight excluding hydrogens is 254 g/mol. The van der Waals surface area contributed by atoms with Crippen LogP contribution in [0.15, 0.2) is 24.3 Å². The van der Waals surface area contributed by atoms with E-state index in [0.29, 0.717) is 19.1 Å². The summed E-state index contributed by atoms with van der Waals surface area (Å²) in [5.74, 6) is 0.857. The maximum absolute atomic E-state index is 10.3. The van der Waals surface area contributed by atoms with Crippen LogP contribution >= 0.6 is 0 Å². The molecule has 0 aromatic heterocycles. The van der Waals surface area contributed by atoms with Crippen molar-refractivity contribution in [2.45, 2.75) is 44.9 Å². The van der Waals surface area contributed by atoms with Crippen molar-refractivity contribution >= 4 is 0 Å². The highest BCUT2D eigenvalue weighted by atomic mass is 16.5. The maximum atomic E-state index is 10.3. The third-order valence-electron chi connectivity index (χ3n) is 3.45. The lowest BCUT2D eigenvalue weighted by Gasteiger charge is -2.30. The van der Waals surface area contributed by atoms with Crippen molar-refractivity contribution in [2.24, 2.45) is 0 Å². The molecule has 1 heterocycles. The van der Waals surface area contributed by atoms with Gasteiger partial charge in [-0.2, -0.15) is 0 Å². The topological polar surface area (TPSA) is 50.7 Å². The average Bonchev–Trinajstić information content (AvgIpc) is 2.45. The largest absolute Gasteiger partial charge is 0.494 e. The van der Waals surface area contributed by atoms with Gasteiger partial charge in [0.2, 0.25) is 0 Å². The second-order valence-corrected chi connectivity index (χ2v) is 5.47. The van der Waals surface area contributed by atoms with E-state index in [1.54, 1.807) is 0 Å². The molecule has 0 saturated carbocycles. The summed E-state index contributed by atoms with van der Waals surface area (Å²) >= 11 is 0. The Balaban J connectivity index is 1.86. The summed E-state index contributed by atoms with van der Waals surface area (Å²) in [6, 6.07) is 8.27. The normalized spacial score (nSPS) is 24.4. The van der Waals surface area contributed by atoms with Gasteiger partial charge in [-0.05, 0) is 37.5 Å². The molecule has 112 valence electrons. The first-order chi connectivity index (χ1) is 9.69. The average molecular weight is 279 g/mol. The van der Waals surface area contributed by atoms with E-state index in [-0.39, 0.29) is 6.04 Å². The molecule has 4 nitrogen and oxygen atoms in total. The van der Waals surface area contributed by atoms with Gasteiger partial charge in [0.25, 0.3) is 0 Å². The van der Waals surface area contributed by atoms with Gasteiger partial charge >= 0.3 is 0 Å². The lowest BCUT2D eigenvalue weighted by Crippen LogP contribution is -2.47. The molecule has 0 amide bonds. The van der Waals surface area contributed by atoms with Crippen LogP contribution in [-0.4, -0.2) is 37.0 Å². The van der Waals surface area contributed by atoms with Crippen molar-refractivity contribution in [3.05, 3.63) is 29.8 Å². The lowest BCUT2D eigenvalue weighted by atomic mass is 10.0. The van der Waals surface area contributed by atoms with Crippen LogP contribution < -0.4 is 10.1 Å². The van der Waals surface area contributed by atoms with E-state index in [0.717, 1.165) is 30.9 Å².